The third-order valence-corrected chi connectivity index (χ3v) is 6.18. The zero-order chi connectivity index (χ0) is 20.1. The number of carbonyl (C=O) groups is 2. The van der Waals surface area contributed by atoms with E-state index in [0.29, 0.717) is 24.2 Å². The highest BCUT2D eigenvalue weighted by atomic mass is 16.5. The molecule has 2 atom stereocenters. The summed E-state index contributed by atoms with van der Waals surface area (Å²) in [6, 6.07) is 8.29. The molecule has 1 aromatic rings. The van der Waals surface area contributed by atoms with Crippen molar-refractivity contribution >= 4 is 17.6 Å². The number of esters is 1. The molecule has 2 heterocycles. The Bertz CT molecular complexity index is 676. The van der Waals surface area contributed by atoms with Gasteiger partial charge in [0.2, 0.25) is 5.91 Å². The quantitative estimate of drug-likeness (QED) is 0.727. The molecule has 0 aliphatic carbocycles. The SMILES string of the molecule is CCC1CCCCN1C(=O)CN1CCN(c2ccc(C(=O)OC)cc2)CC1C. The van der Waals surface area contributed by atoms with Crippen LogP contribution in [-0.4, -0.2) is 73.6 Å². The molecule has 2 aliphatic rings. The third kappa shape index (κ3) is 4.66. The van der Waals surface area contributed by atoms with Gasteiger partial charge in [-0.2, -0.15) is 0 Å². The van der Waals surface area contributed by atoms with Crippen molar-refractivity contribution in [3.05, 3.63) is 29.8 Å². The molecule has 28 heavy (non-hydrogen) atoms. The third-order valence-electron chi connectivity index (χ3n) is 6.18. The first-order valence-corrected chi connectivity index (χ1v) is 10.5. The number of piperidine rings is 1. The second-order valence-electron chi connectivity index (χ2n) is 7.95. The summed E-state index contributed by atoms with van der Waals surface area (Å²) in [6.45, 7) is 8.44. The number of anilines is 1. The van der Waals surface area contributed by atoms with Gasteiger partial charge in [-0.05, 0) is 56.9 Å². The lowest BCUT2D eigenvalue weighted by atomic mass is 10.00. The fraction of sp³-hybridized carbons (Fsp3) is 0.636. The van der Waals surface area contributed by atoms with E-state index in [1.54, 1.807) is 0 Å². The minimum atomic E-state index is -0.314. The molecule has 2 aliphatic heterocycles. The van der Waals surface area contributed by atoms with Crippen molar-refractivity contribution in [2.45, 2.75) is 51.6 Å². The summed E-state index contributed by atoms with van der Waals surface area (Å²) in [6.07, 6.45) is 4.57. The van der Waals surface area contributed by atoms with Crippen molar-refractivity contribution in [3.63, 3.8) is 0 Å². The van der Waals surface area contributed by atoms with E-state index in [9.17, 15) is 9.59 Å². The topological polar surface area (TPSA) is 53.1 Å². The van der Waals surface area contributed by atoms with E-state index in [1.807, 2.05) is 24.3 Å². The Balaban J connectivity index is 1.56. The van der Waals surface area contributed by atoms with Crippen molar-refractivity contribution < 1.29 is 14.3 Å². The number of piperazine rings is 1. The Hall–Kier alpha value is -2.08. The highest BCUT2D eigenvalue weighted by Gasteiger charge is 2.30. The van der Waals surface area contributed by atoms with Crippen LogP contribution in [0.25, 0.3) is 0 Å². The Morgan fingerprint density at radius 2 is 1.86 bits per heavy atom. The number of amides is 1. The first kappa shape index (κ1) is 20.6. The molecule has 0 saturated carbocycles. The molecule has 2 saturated heterocycles. The van der Waals surface area contributed by atoms with Crippen LogP contribution >= 0.6 is 0 Å². The van der Waals surface area contributed by atoms with Crippen LogP contribution < -0.4 is 4.90 Å². The molecule has 0 N–H and O–H groups in total. The summed E-state index contributed by atoms with van der Waals surface area (Å²) < 4.78 is 4.76. The maximum absolute atomic E-state index is 12.9. The van der Waals surface area contributed by atoms with Crippen LogP contribution in [0.2, 0.25) is 0 Å². The van der Waals surface area contributed by atoms with Crippen molar-refractivity contribution in [3.8, 4) is 0 Å². The van der Waals surface area contributed by atoms with E-state index in [0.717, 1.165) is 51.1 Å². The molecule has 0 spiro atoms. The van der Waals surface area contributed by atoms with Gasteiger partial charge in [0.15, 0.2) is 0 Å². The number of hydrogen-bond donors (Lipinski definition) is 0. The number of ether oxygens (including phenoxy) is 1. The van der Waals surface area contributed by atoms with Crippen LogP contribution in [-0.2, 0) is 9.53 Å². The molecule has 0 bridgehead atoms. The van der Waals surface area contributed by atoms with Gasteiger partial charge < -0.3 is 14.5 Å². The summed E-state index contributed by atoms with van der Waals surface area (Å²) >= 11 is 0. The maximum Gasteiger partial charge on any atom is 0.337 e. The molecule has 0 radical (unpaired) electrons. The van der Waals surface area contributed by atoms with Gasteiger partial charge in [0, 0.05) is 44.0 Å². The Labute approximate surface area is 168 Å². The first-order valence-electron chi connectivity index (χ1n) is 10.5. The van der Waals surface area contributed by atoms with E-state index in [1.165, 1.54) is 13.5 Å². The summed E-state index contributed by atoms with van der Waals surface area (Å²) in [7, 11) is 1.39. The van der Waals surface area contributed by atoms with Gasteiger partial charge in [0.05, 0.1) is 19.2 Å². The second kappa shape index (κ2) is 9.41. The minimum Gasteiger partial charge on any atom is -0.465 e. The highest BCUT2D eigenvalue weighted by molar-refractivity contribution is 5.89. The van der Waals surface area contributed by atoms with E-state index >= 15 is 0 Å². The Morgan fingerprint density at radius 1 is 1.11 bits per heavy atom. The molecule has 1 amide bonds. The van der Waals surface area contributed by atoms with Crippen molar-refractivity contribution in [1.82, 2.24) is 9.80 Å². The van der Waals surface area contributed by atoms with Crippen LogP contribution in [0.4, 0.5) is 5.69 Å². The summed E-state index contributed by atoms with van der Waals surface area (Å²) in [5.74, 6) is -0.0272. The average molecular weight is 388 g/mol. The monoisotopic (exact) mass is 387 g/mol. The molecule has 0 aromatic heterocycles. The van der Waals surface area contributed by atoms with Crippen LogP contribution in [0.5, 0.6) is 0 Å². The number of likely N-dealkylation sites (tertiary alicyclic amines) is 1. The fourth-order valence-corrected chi connectivity index (χ4v) is 4.41. The summed E-state index contributed by atoms with van der Waals surface area (Å²) in [5, 5.41) is 0. The second-order valence-corrected chi connectivity index (χ2v) is 7.95. The molecule has 3 rings (SSSR count). The van der Waals surface area contributed by atoms with Crippen LogP contribution in [0.1, 0.15) is 49.9 Å². The van der Waals surface area contributed by atoms with Gasteiger partial charge in [-0.25, -0.2) is 4.79 Å². The number of nitrogens with zero attached hydrogens (tertiary/aromatic N) is 3. The van der Waals surface area contributed by atoms with Gasteiger partial charge in [-0.1, -0.05) is 6.92 Å². The first-order chi connectivity index (χ1) is 13.5. The maximum atomic E-state index is 12.9. The fourth-order valence-electron chi connectivity index (χ4n) is 4.41. The molecule has 6 nitrogen and oxygen atoms in total. The van der Waals surface area contributed by atoms with E-state index in [4.69, 9.17) is 4.74 Å². The molecule has 2 fully saturated rings. The predicted octanol–water partition coefficient (Wildman–Crippen LogP) is 2.77. The Morgan fingerprint density at radius 3 is 2.50 bits per heavy atom. The van der Waals surface area contributed by atoms with Crippen molar-refractivity contribution in [2.24, 2.45) is 0 Å². The zero-order valence-corrected chi connectivity index (χ0v) is 17.4. The van der Waals surface area contributed by atoms with Gasteiger partial charge in [0.1, 0.15) is 0 Å². The number of rotatable bonds is 5. The molecule has 2 unspecified atom stereocenters. The molecule has 154 valence electrons. The Kier molecular flexibility index (Phi) is 6.94. The summed E-state index contributed by atoms with van der Waals surface area (Å²) in [5.41, 5.74) is 1.67. The number of benzene rings is 1. The molecule has 1 aromatic carbocycles. The zero-order valence-electron chi connectivity index (χ0n) is 17.4. The van der Waals surface area contributed by atoms with Crippen LogP contribution in [0.3, 0.4) is 0 Å². The average Bonchev–Trinajstić information content (AvgIpc) is 2.74. The predicted molar refractivity (Wildman–Crippen MR) is 111 cm³/mol. The lowest BCUT2D eigenvalue weighted by molar-refractivity contribution is -0.136. The number of hydrogen-bond acceptors (Lipinski definition) is 5. The molecular weight excluding hydrogens is 354 g/mol. The number of methoxy groups -OCH3 is 1. The van der Waals surface area contributed by atoms with Gasteiger partial charge >= 0.3 is 5.97 Å². The molecule has 6 heteroatoms. The van der Waals surface area contributed by atoms with Crippen LogP contribution in [0.15, 0.2) is 24.3 Å². The van der Waals surface area contributed by atoms with Gasteiger partial charge in [-0.15, -0.1) is 0 Å². The minimum absolute atomic E-state index is 0.286. The lowest BCUT2D eigenvalue weighted by Crippen LogP contribution is -2.56. The lowest BCUT2D eigenvalue weighted by Gasteiger charge is -2.42. The van der Waals surface area contributed by atoms with Crippen LogP contribution in [0, 0.1) is 0 Å². The normalized spacial score (nSPS) is 23.5. The van der Waals surface area contributed by atoms with E-state index < -0.39 is 0 Å². The van der Waals surface area contributed by atoms with Gasteiger partial charge in [0.25, 0.3) is 0 Å². The number of carbonyl (C=O) groups excluding carboxylic acids is 2. The van der Waals surface area contributed by atoms with Crippen molar-refractivity contribution in [2.75, 3.05) is 44.7 Å². The highest BCUT2D eigenvalue weighted by Crippen LogP contribution is 2.22. The smallest absolute Gasteiger partial charge is 0.337 e. The summed E-state index contributed by atoms with van der Waals surface area (Å²) in [4.78, 5) is 31.2. The standard InChI is InChI=1S/C22H33N3O3/c1-4-19-7-5-6-12-25(19)21(26)16-23-13-14-24(15-17(23)2)20-10-8-18(9-11-20)22(27)28-3/h8-11,17,19H,4-7,12-16H2,1-3H3. The largest absolute Gasteiger partial charge is 0.465 e. The van der Waals surface area contributed by atoms with Gasteiger partial charge in [-0.3, -0.25) is 9.69 Å². The van der Waals surface area contributed by atoms with E-state index in [-0.39, 0.29) is 11.9 Å². The van der Waals surface area contributed by atoms with E-state index in [2.05, 4.69) is 28.5 Å². The van der Waals surface area contributed by atoms with Crippen molar-refractivity contribution in [1.29, 1.82) is 0 Å². The molecular formula is C22H33N3O3.